The lowest BCUT2D eigenvalue weighted by Crippen LogP contribution is -2.23. The van der Waals surface area contributed by atoms with Crippen LogP contribution < -0.4 is 5.73 Å². The summed E-state index contributed by atoms with van der Waals surface area (Å²) in [6, 6.07) is 0. The van der Waals surface area contributed by atoms with E-state index in [9.17, 15) is 4.39 Å². The first-order chi connectivity index (χ1) is 4.83. The second-order valence-corrected chi connectivity index (χ2v) is 2.83. The Balaban J connectivity index is 2.06. The number of rotatable bonds is 3. The second kappa shape index (κ2) is 3.88. The monoisotopic (exact) mass is 146 g/mol. The first-order valence-electron chi connectivity index (χ1n) is 3.89. The van der Waals surface area contributed by atoms with Crippen LogP contribution in [0.3, 0.4) is 0 Å². The summed E-state index contributed by atoms with van der Waals surface area (Å²) in [5.74, 6) is 0. The smallest absolute Gasteiger partial charge is 0.114 e. The van der Waals surface area contributed by atoms with E-state index in [4.69, 9.17) is 5.73 Å². The third kappa shape index (κ3) is 2.23. The van der Waals surface area contributed by atoms with Crippen LogP contribution in [0.25, 0.3) is 0 Å². The number of hydrogen-bond acceptors (Lipinski definition) is 2. The zero-order valence-corrected chi connectivity index (χ0v) is 6.22. The summed E-state index contributed by atoms with van der Waals surface area (Å²) in [5.41, 5.74) is 5.32. The Kier molecular flexibility index (Phi) is 3.09. The molecule has 0 aromatic heterocycles. The Morgan fingerprint density at radius 1 is 1.60 bits per heavy atom. The van der Waals surface area contributed by atoms with Gasteiger partial charge in [-0.15, -0.1) is 0 Å². The van der Waals surface area contributed by atoms with Gasteiger partial charge in [0.25, 0.3) is 0 Å². The van der Waals surface area contributed by atoms with Crippen molar-refractivity contribution >= 4 is 0 Å². The molecule has 1 saturated heterocycles. The molecule has 1 atom stereocenters. The minimum absolute atomic E-state index is 0.585. The molecule has 3 heteroatoms. The molecule has 0 bridgehead atoms. The summed E-state index contributed by atoms with van der Waals surface area (Å²) in [4.78, 5) is 2.14. The van der Waals surface area contributed by atoms with Crippen LogP contribution in [-0.2, 0) is 0 Å². The number of hydrogen-bond donors (Lipinski definition) is 1. The van der Waals surface area contributed by atoms with E-state index >= 15 is 0 Å². The zero-order chi connectivity index (χ0) is 7.40. The lowest BCUT2D eigenvalue weighted by Gasteiger charge is -2.12. The zero-order valence-electron chi connectivity index (χ0n) is 6.22. The van der Waals surface area contributed by atoms with Crippen LogP contribution in [-0.4, -0.2) is 37.3 Å². The Bertz CT molecular complexity index is 97.6. The molecule has 0 aromatic carbocycles. The molecule has 1 aliphatic heterocycles. The molecular weight excluding hydrogens is 131 g/mol. The van der Waals surface area contributed by atoms with Gasteiger partial charge in [0.2, 0.25) is 0 Å². The predicted octanol–water partition coefficient (Wildman–Crippen LogP) is 0.379. The van der Waals surface area contributed by atoms with Crippen molar-refractivity contribution in [1.29, 1.82) is 0 Å². The van der Waals surface area contributed by atoms with E-state index in [-0.39, 0.29) is 0 Å². The van der Waals surface area contributed by atoms with Crippen LogP contribution in [0, 0.1) is 0 Å². The molecule has 2 nitrogen and oxygen atoms in total. The number of nitrogens with zero attached hydrogens (tertiary/aromatic N) is 1. The molecule has 60 valence electrons. The van der Waals surface area contributed by atoms with E-state index < -0.39 is 6.17 Å². The van der Waals surface area contributed by atoms with Crippen LogP contribution >= 0.6 is 0 Å². The Labute approximate surface area is 61.2 Å². The van der Waals surface area contributed by atoms with E-state index in [2.05, 4.69) is 4.90 Å². The molecule has 1 heterocycles. The molecule has 0 aromatic rings. The van der Waals surface area contributed by atoms with Gasteiger partial charge in [0.05, 0.1) is 0 Å². The summed E-state index contributed by atoms with van der Waals surface area (Å²) in [5, 5.41) is 0. The van der Waals surface area contributed by atoms with E-state index in [0.29, 0.717) is 19.5 Å². The summed E-state index contributed by atoms with van der Waals surface area (Å²) in [6.07, 6.45) is 1.12. The maximum atomic E-state index is 12.5. The first kappa shape index (κ1) is 7.95. The highest BCUT2D eigenvalue weighted by Crippen LogP contribution is 2.11. The average Bonchev–Trinajstić information content (AvgIpc) is 2.31. The highest BCUT2D eigenvalue weighted by atomic mass is 19.1. The van der Waals surface area contributed by atoms with Gasteiger partial charge >= 0.3 is 0 Å². The fourth-order valence-electron chi connectivity index (χ4n) is 1.30. The molecule has 0 radical (unpaired) electrons. The molecular formula is C7H15FN2. The van der Waals surface area contributed by atoms with Gasteiger partial charge in [0, 0.05) is 13.1 Å². The standard InChI is InChI=1S/C7H15FN2/c8-7-2-5-10(6-7)4-1-3-9/h7H,1-6,9H2. The highest BCUT2D eigenvalue weighted by Gasteiger charge is 2.20. The van der Waals surface area contributed by atoms with Crippen LogP contribution in [0.4, 0.5) is 4.39 Å². The minimum atomic E-state index is -0.585. The van der Waals surface area contributed by atoms with Crippen LogP contribution in [0.2, 0.25) is 0 Å². The lowest BCUT2D eigenvalue weighted by atomic mass is 10.3. The SMILES string of the molecule is NCCCN1CCC(F)C1. The summed E-state index contributed by atoms with van der Waals surface area (Å²) >= 11 is 0. The van der Waals surface area contributed by atoms with Crippen molar-refractivity contribution in [2.24, 2.45) is 5.73 Å². The number of alkyl halides is 1. The van der Waals surface area contributed by atoms with E-state index in [0.717, 1.165) is 19.5 Å². The van der Waals surface area contributed by atoms with Crippen molar-refractivity contribution in [1.82, 2.24) is 4.90 Å². The topological polar surface area (TPSA) is 29.3 Å². The molecule has 1 fully saturated rings. The van der Waals surface area contributed by atoms with Crippen molar-refractivity contribution in [3.8, 4) is 0 Å². The van der Waals surface area contributed by atoms with Gasteiger partial charge in [-0.25, -0.2) is 4.39 Å². The highest BCUT2D eigenvalue weighted by molar-refractivity contribution is 4.74. The van der Waals surface area contributed by atoms with Gasteiger partial charge in [-0.05, 0) is 25.9 Å². The molecule has 0 saturated carbocycles. The largest absolute Gasteiger partial charge is 0.330 e. The second-order valence-electron chi connectivity index (χ2n) is 2.83. The van der Waals surface area contributed by atoms with Crippen molar-refractivity contribution in [2.75, 3.05) is 26.2 Å². The summed E-state index contributed by atoms with van der Waals surface area (Å²) < 4.78 is 12.5. The van der Waals surface area contributed by atoms with Crippen LogP contribution in [0.1, 0.15) is 12.8 Å². The first-order valence-corrected chi connectivity index (χ1v) is 3.89. The fraction of sp³-hybridized carbons (Fsp3) is 1.00. The third-order valence-corrected chi connectivity index (χ3v) is 1.89. The van der Waals surface area contributed by atoms with Gasteiger partial charge < -0.3 is 10.6 Å². The van der Waals surface area contributed by atoms with Gasteiger partial charge in [0.1, 0.15) is 6.17 Å². The fourth-order valence-corrected chi connectivity index (χ4v) is 1.30. The number of likely N-dealkylation sites (tertiary alicyclic amines) is 1. The predicted molar refractivity (Wildman–Crippen MR) is 39.6 cm³/mol. The quantitative estimate of drug-likeness (QED) is 0.623. The summed E-state index contributed by atoms with van der Waals surface area (Å²) in [6.45, 7) is 3.23. The van der Waals surface area contributed by atoms with Gasteiger partial charge in [-0.2, -0.15) is 0 Å². The molecule has 0 amide bonds. The van der Waals surface area contributed by atoms with E-state index in [1.807, 2.05) is 0 Å². The molecule has 10 heavy (non-hydrogen) atoms. The van der Waals surface area contributed by atoms with E-state index in [1.165, 1.54) is 0 Å². The van der Waals surface area contributed by atoms with Crippen molar-refractivity contribution < 1.29 is 4.39 Å². The van der Waals surface area contributed by atoms with Crippen molar-refractivity contribution in [2.45, 2.75) is 19.0 Å². The molecule has 0 spiro atoms. The van der Waals surface area contributed by atoms with Crippen molar-refractivity contribution in [3.63, 3.8) is 0 Å². The maximum absolute atomic E-state index is 12.5. The molecule has 1 aliphatic rings. The van der Waals surface area contributed by atoms with E-state index in [1.54, 1.807) is 0 Å². The Morgan fingerprint density at radius 2 is 2.40 bits per heavy atom. The van der Waals surface area contributed by atoms with Gasteiger partial charge in [-0.3, -0.25) is 0 Å². The van der Waals surface area contributed by atoms with Crippen LogP contribution in [0.15, 0.2) is 0 Å². The minimum Gasteiger partial charge on any atom is -0.330 e. The lowest BCUT2D eigenvalue weighted by molar-refractivity contribution is 0.286. The number of nitrogens with two attached hydrogens (primary N) is 1. The van der Waals surface area contributed by atoms with Crippen LogP contribution in [0.5, 0.6) is 0 Å². The molecule has 2 N–H and O–H groups in total. The average molecular weight is 146 g/mol. The third-order valence-electron chi connectivity index (χ3n) is 1.89. The Hall–Kier alpha value is -0.150. The molecule has 1 unspecified atom stereocenters. The van der Waals surface area contributed by atoms with Gasteiger partial charge in [-0.1, -0.05) is 0 Å². The van der Waals surface area contributed by atoms with Gasteiger partial charge in [0.15, 0.2) is 0 Å². The molecule has 0 aliphatic carbocycles. The normalized spacial score (nSPS) is 27.6. The molecule has 1 rings (SSSR count). The van der Waals surface area contributed by atoms with Crippen molar-refractivity contribution in [3.05, 3.63) is 0 Å². The Morgan fingerprint density at radius 3 is 2.90 bits per heavy atom. The maximum Gasteiger partial charge on any atom is 0.114 e. The summed E-state index contributed by atoms with van der Waals surface area (Å²) in [7, 11) is 0. The number of halogens is 1.